The molecule has 2 heteroatoms. The van der Waals surface area contributed by atoms with Crippen LogP contribution in [0.3, 0.4) is 0 Å². The van der Waals surface area contributed by atoms with Crippen LogP contribution in [0.2, 0.25) is 0 Å². The predicted molar refractivity (Wildman–Crippen MR) is 54.7 cm³/mol. The summed E-state index contributed by atoms with van der Waals surface area (Å²) in [5.41, 5.74) is -0.119. The van der Waals surface area contributed by atoms with Gasteiger partial charge in [-0.15, -0.1) is 0 Å². The van der Waals surface area contributed by atoms with Crippen LogP contribution in [-0.4, -0.2) is 30.8 Å². The Morgan fingerprint density at radius 2 is 2.15 bits per heavy atom. The highest BCUT2D eigenvalue weighted by molar-refractivity contribution is 5.59. The fourth-order valence-corrected chi connectivity index (χ4v) is 1.96. The lowest BCUT2D eigenvalue weighted by atomic mass is 9.87. The average Bonchev–Trinajstić information content (AvgIpc) is 2.87. The van der Waals surface area contributed by atoms with E-state index in [0.29, 0.717) is 0 Å². The normalized spacial score (nSPS) is 21.5. The van der Waals surface area contributed by atoms with E-state index in [2.05, 4.69) is 25.8 Å². The smallest absolute Gasteiger partial charge is 0.127 e. The van der Waals surface area contributed by atoms with E-state index in [1.54, 1.807) is 0 Å². The average molecular weight is 183 g/mol. The molecule has 0 aromatic heterocycles. The lowest BCUT2D eigenvalue weighted by Crippen LogP contribution is -2.35. The minimum Gasteiger partial charge on any atom is -0.303 e. The van der Waals surface area contributed by atoms with Gasteiger partial charge in [0, 0.05) is 18.0 Å². The summed E-state index contributed by atoms with van der Waals surface area (Å²) in [5.74, 6) is 0. The fourth-order valence-electron chi connectivity index (χ4n) is 1.96. The first kappa shape index (κ1) is 10.7. The monoisotopic (exact) mass is 183 g/mol. The van der Waals surface area contributed by atoms with Gasteiger partial charge >= 0.3 is 0 Å². The van der Waals surface area contributed by atoms with Gasteiger partial charge < -0.3 is 9.69 Å². The summed E-state index contributed by atoms with van der Waals surface area (Å²) in [6, 6.07) is 0.760. The Morgan fingerprint density at radius 1 is 1.54 bits per heavy atom. The van der Waals surface area contributed by atoms with Crippen LogP contribution in [0.25, 0.3) is 0 Å². The van der Waals surface area contributed by atoms with Crippen LogP contribution in [0.1, 0.15) is 39.5 Å². The molecule has 0 saturated heterocycles. The second-order valence-electron chi connectivity index (χ2n) is 4.67. The molecule has 0 amide bonds. The van der Waals surface area contributed by atoms with Gasteiger partial charge in [0.2, 0.25) is 0 Å². The van der Waals surface area contributed by atoms with Crippen LogP contribution in [0.4, 0.5) is 0 Å². The van der Waals surface area contributed by atoms with Crippen molar-refractivity contribution in [3.8, 4) is 0 Å². The number of carbonyl (C=O) groups excluding carboxylic acids is 1. The van der Waals surface area contributed by atoms with Crippen molar-refractivity contribution in [2.24, 2.45) is 5.41 Å². The number of aldehydes is 1. The molecule has 1 aliphatic carbocycles. The number of hydrogen-bond acceptors (Lipinski definition) is 2. The summed E-state index contributed by atoms with van der Waals surface area (Å²) in [6.45, 7) is 5.14. The molecule has 1 rings (SSSR count). The van der Waals surface area contributed by atoms with Crippen LogP contribution in [0.15, 0.2) is 0 Å². The predicted octanol–water partition coefficient (Wildman–Crippen LogP) is 2.09. The van der Waals surface area contributed by atoms with E-state index in [9.17, 15) is 4.79 Å². The summed E-state index contributed by atoms with van der Waals surface area (Å²) in [6.07, 6.45) is 5.87. The number of rotatable bonds is 6. The summed E-state index contributed by atoms with van der Waals surface area (Å²) in [4.78, 5) is 13.3. The molecule has 1 unspecified atom stereocenters. The van der Waals surface area contributed by atoms with Gasteiger partial charge in [-0.25, -0.2) is 0 Å². The van der Waals surface area contributed by atoms with Gasteiger partial charge in [0.05, 0.1) is 0 Å². The molecule has 0 spiro atoms. The summed E-state index contributed by atoms with van der Waals surface area (Å²) < 4.78 is 0. The first-order valence-corrected chi connectivity index (χ1v) is 5.28. The topological polar surface area (TPSA) is 20.3 Å². The molecule has 76 valence electrons. The fraction of sp³-hybridized carbons (Fsp3) is 0.909. The number of hydrogen-bond donors (Lipinski definition) is 0. The molecule has 0 radical (unpaired) electrons. The van der Waals surface area contributed by atoms with Crippen LogP contribution in [-0.2, 0) is 4.79 Å². The second-order valence-corrected chi connectivity index (χ2v) is 4.67. The maximum atomic E-state index is 11.0. The Morgan fingerprint density at radius 3 is 2.54 bits per heavy atom. The molecule has 0 N–H and O–H groups in total. The zero-order valence-electron chi connectivity index (χ0n) is 9.05. The first-order chi connectivity index (χ1) is 6.11. The highest BCUT2D eigenvalue weighted by Crippen LogP contribution is 2.29. The Hall–Kier alpha value is -0.370. The maximum absolute atomic E-state index is 11.0. The molecular weight excluding hydrogens is 162 g/mol. The van der Waals surface area contributed by atoms with Crippen molar-refractivity contribution in [1.29, 1.82) is 0 Å². The van der Waals surface area contributed by atoms with Crippen molar-refractivity contribution in [2.75, 3.05) is 13.6 Å². The van der Waals surface area contributed by atoms with Gasteiger partial charge in [-0.1, -0.05) is 20.3 Å². The molecule has 0 heterocycles. The molecule has 0 aromatic rings. The van der Waals surface area contributed by atoms with E-state index in [0.717, 1.165) is 31.7 Å². The molecule has 1 atom stereocenters. The Kier molecular flexibility index (Phi) is 3.48. The van der Waals surface area contributed by atoms with E-state index in [4.69, 9.17) is 0 Å². The van der Waals surface area contributed by atoms with Crippen LogP contribution < -0.4 is 0 Å². The largest absolute Gasteiger partial charge is 0.303 e. The standard InChI is InChI=1S/C11H21NO/c1-4-7-11(2,9-13)8-12(3)10-5-6-10/h9-10H,4-8H2,1-3H3. The molecule has 0 aromatic carbocycles. The van der Waals surface area contributed by atoms with E-state index < -0.39 is 0 Å². The third-order valence-corrected chi connectivity index (χ3v) is 2.89. The van der Waals surface area contributed by atoms with Gasteiger partial charge in [-0.05, 0) is 26.3 Å². The van der Waals surface area contributed by atoms with Crippen molar-refractivity contribution >= 4 is 6.29 Å². The quantitative estimate of drug-likeness (QED) is 0.588. The van der Waals surface area contributed by atoms with Crippen molar-refractivity contribution in [3.63, 3.8) is 0 Å². The summed E-state index contributed by atoms with van der Waals surface area (Å²) >= 11 is 0. The second kappa shape index (κ2) is 4.23. The molecule has 0 bridgehead atoms. The van der Waals surface area contributed by atoms with Gasteiger partial charge in [0.25, 0.3) is 0 Å². The van der Waals surface area contributed by atoms with Crippen LogP contribution >= 0.6 is 0 Å². The Bertz CT molecular complexity index is 177. The first-order valence-electron chi connectivity index (χ1n) is 5.28. The van der Waals surface area contributed by atoms with Crippen molar-refractivity contribution < 1.29 is 4.79 Å². The maximum Gasteiger partial charge on any atom is 0.127 e. The van der Waals surface area contributed by atoms with Crippen LogP contribution in [0, 0.1) is 5.41 Å². The summed E-state index contributed by atoms with van der Waals surface area (Å²) in [7, 11) is 2.13. The zero-order valence-corrected chi connectivity index (χ0v) is 9.05. The van der Waals surface area contributed by atoms with E-state index in [1.165, 1.54) is 12.8 Å². The molecular formula is C11H21NO. The Balaban J connectivity index is 2.40. The van der Waals surface area contributed by atoms with Gasteiger partial charge in [0.1, 0.15) is 6.29 Å². The molecule has 1 aliphatic rings. The van der Waals surface area contributed by atoms with Crippen molar-refractivity contribution in [1.82, 2.24) is 4.90 Å². The van der Waals surface area contributed by atoms with Crippen molar-refractivity contribution in [3.05, 3.63) is 0 Å². The van der Waals surface area contributed by atoms with Crippen molar-refractivity contribution in [2.45, 2.75) is 45.6 Å². The highest BCUT2D eigenvalue weighted by Gasteiger charge is 2.32. The third-order valence-electron chi connectivity index (χ3n) is 2.89. The Labute approximate surface area is 81.3 Å². The summed E-state index contributed by atoms with van der Waals surface area (Å²) in [5, 5.41) is 0. The van der Waals surface area contributed by atoms with E-state index in [1.807, 2.05) is 0 Å². The zero-order chi connectivity index (χ0) is 9.90. The van der Waals surface area contributed by atoms with E-state index in [-0.39, 0.29) is 5.41 Å². The molecule has 1 fully saturated rings. The highest BCUT2D eigenvalue weighted by atomic mass is 16.1. The number of nitrogens with zero attached hydrogens (tertiary/aromatic N) is 1. The third kappa shape index (κ3) is 3.11. The lowest BCUT2D eigenvalue weighted by Gasteiger charge is -2.28. The molecule has 2 nitrogen and oxygen atoms in total. The van der Waals surface area contributed by atoms with E-state index >= 15 is 0 Å². The SMILES string of the molecule is CCCC(C)(C=O)CN(C)C1CC1. The van der Waals surface area contributed by atoms with Gasteiger partial charge in [0.15, 0.2) is 0 Å². The minimum atomic E-state index is -0.119. The molecule has 0 aliphatic heterocycles. The van der Waals surface area contributed by atoms with Crippen LogP contribution in [0.5, 0.6) is 0 Å². The molecule has 13 heavy (non-hydrogen) atoms. The minimum absolute atomic E-state index is 0.119. The lowest BCUT2D eigenvalue weighted by molar-refractivity contribution is -0.116. The van der Waals surface area contributed by atoms with Gasteiger partial charge in [-0.2, -0.15) is 0 Å². The number of carbonyl (C=O) groups is 1. The molecule has 1 saturated carbocycles. The van der Waals surface area contributed by atoms with Gasteiger partial charge in [-0.3, -0.25) is 0 Å².